The van der Waals surface area contributed by atoms with E-state index in [0.717, 1.165) is 28.3 Å². The first-order valence-corrected chi connectivity index (χ1v) is 12.7. The number of methoxy groups -OCH3 is 1. The van der Waals surface area contributed by atoms with Gasteiger partial charge in [0.25, 0.3) is 0 Å². The molecule has 0 saturated carbocycles. The third-order valence-electron chi connectivity index (χ3n) is 7.92. The first-order valence-electron chi connectivity index (χ1n) is 12.7. The maximum Gasteiger partial charge on any atom is 0.410 e. The molecule has 196 valence electrons. The van der Waals surface area contributed by atoms with Crippen molar-refractivity contribution >= 4 is 11.9 Å². The molecule has 2 bridgehead atoms. The average Bonchev–Trinajstić information content (AvgIpc) is 3.24. The topological polar surface area (TPSA) is 65.1 Å². The van der Waals surface area contributed by atoms with Crippen LogP contribution < -0.4 is 4.74 Å². The van der Waals surface area contributed by atoms with Crippen molar-refractivity contribution in [3.8, 4) is 16.9 Å². The Kier molecular flexibility index (Phi) is 6.35. The van der Waals surface area contributed by atoms with Crippen molar-refractivity contribution in [1.29, 1.82) is 0 Å². The number of piperidine rings is 1. The van der Waals surface area contributed by atoms with Crippen LogP contribution in [0, 0.1) is 17.6 Å². The fourth-order valence-electron chi connectivity index (χ4n) is 6.27. The minimum absolute atomic E-state index is 0.0584. The minimum Gasteiger partial charge on any atom is -0.493 e. The van der Waals surface area contributed by atoms with Gasteiger partial charge in [0.2, 0.25) is 0 Å². The van der Waals surface area contributed by atoms with Crippen molar-refractivity contribution in [2.45, 2.75) is 30.8 Å². The lowest BCUT2D eigenvalue weighted by Crippen LogP contribution is -2.60. The molecule has 2 heterocycles. The Morgan fingerprint density at radius 1 is 0.947 bits per heavy atom. The number of ketones is 1. The second-order valence-electron chi connectivity index (χ2n) is 10.1. The number of Topliss-reactive ketones (excluding diaryl/α,β-unsaturated/α-hetero) is 1. The van der Waals surface area contributed by atoms with E-state index in [1.807, 2.05) is 24.3 Å². The summed E-state index contributed by atoms with van der Waals surface area (Å²) in [5, 5.41) is 0. The number of hydrogen-bond donors (Lipinski definition) is 0. The van der Waals surface area contributed by atoms with Gasteiger partial charge in [0.1, 0.15) is 12.4 Å². The van der Waals surface area contributed by atoms with Crippen molar-refractivity contribution in [3.05, 3.63) is 89.0 Å². The van der Waals surface area contributed by atoms with Crippen LogP contribution in [0.25, 0.3) is 11.1 Å². The molecule has 0 spiro atoms. The molecular formula is C30H27F2NO5. The molecule has 2 atom stereocenters. The number of amides is 1. The monoisotopic (exact) mass is 519 g/mol. The zero-order valence-electron chi connectivity index (χ0n) is 20.9. The summed E-state index contributed by atoms with van der Waals surface area (Å²) in [7, 11) is 1.25. The van der Waals surface area contributed by atoms with Gasteiger partial charge in [0.15, 0.2) is 17.3 Å². The molecule has 3 aliphatic rings. The Morgan fingerprint density at radius 3 is 2.16 bits per heavy atom. The fourth-order valence-corrected chi connectivity index (χ4v) is 6.27. The standard InChI is InChI=1S/C30H27F2NO5/c1-36-29-25(12-18(31)13-27(29)32)28(34)17-10-19-14-37-15-20(11-17)33(19)30(35)38-16-26-23-8-4-2-6-21(23)22-7-3-5-9-24(22)26/h2-9,12-13,17,19-20,26H,10-11,14-16H2,1H3. The van der Waals surface area contributed by atoms with Crippen LogP contribution in [0.4, 0.5) is 13.6 Å². The number of hydrogen-bond acceptors (Lipinski definition) is 5. The lowest BCUT2D eigenvalue weighted by Gasteiger charge is -2.47. The highest BCUT2D eigenvalue weighted by molar-refractivity contribution is 6.00. The molecule has 38 heavy (non-hydrogen) atoms. The molecule has 1 aliphatic carbocycles. The van der Waals surface area contributed by atoms with E-state index < -0.39 is 29.4 Å². The first kappa shape index (κ1) is 24.6. The number of halogens is 2. The van der Waals surface area contributed by atoms with Gasteiger partial charge in [0.05, 0.1) is 38.0 Å². The highest BCUT2D eigenvalue weighted by atomic mass is 19.1. The molecule has 6 nitrogen and oxygen atoms in total. The summed E-state index contributed by atoms with van der Waals surface area (Å²) in [5.74, 6) is -3.01. The molecule has 2 aliphatic heterocycles. The lowest BCUT2D eigenvalue weighted by molar-refractivity contribution is -0.0748. The molecule has 2 fully saturated rings. The maximum atomic E-state index is 14.2. The van der Waals surface area contributed by atoms with Crippen LogP contribution in [-0.2, 0) is 9.47 Å². The number of fused-ring (bicyclic) bond motifs is 5. The third kappa shape index (κ3) is 4.13. The van der Waals surface area contributed by atoms with Gasteiger partial charge in [0, 0.05) is 17.9 Å². The fraction of sp³-hybridized carbons (Fsp3) is 0.333. The Morgan fingerprint density at radius 2 is 1.55 bits per heavy atom. The molecule has 0 aromatic heterocycles. The van der Waals surface area contributed by atoms with Crippen molar-refractivity contribution in [2.24, 2.45) is 5.92 Å². The van der Waals surface area contributed by atoms with E-state index in [1.54, 1.807) is 4.90 Å². The second kappa shape index (κ2) is 9.83. The molecule has 8 heteroatoms. The normalized spacial score (nSPS) is 22.0. The van der Waals surface area contributed by atoms with Gasteiger partial charge in [-0.15, -0.1) is 0 Å². The van der Waals surface area contributed by atoms with Crippen molar-refractivity contribution in [3.63, 3.8) is 0 Å². The number of rotatable bonds is 5. The highest BCUT2D eigenvalue weighted by Crippen LogP contribution is 2.45. The van der Waals surface area contributed by atoms with Crippen LogP contribution in [0.15, 0.2) is 60.7 Å². The van der Waals surface area contributed by atoms with E-state index >= 15 is 0 Å². The minimum atomic E-state index is -0.921. The average molecular weight is 520 g/mol. The zero-order chi connectivity index (χ0) is 26.4. The molecule has 2 unspecified atom stereocenters. The number of carbonyl (C=O) groups is 2. The summed E-state index contributed by atoms with van der Waals surface area (Å²) in [6.07, 6.45) is 0.173. The van der Waals surface area contributed by atoms with Gasteiger partial charge in [-0.2, -0.15) is 0 Å². The van der Waals surface area contributed by atoms with Crippen LogP contribution in [0.2, 0.25) is 0 Å². The summed E-state index contributed by atoms with van der Waals surface area (Å²) in [4.78, 5) is 28.4. The summed E-state index contributed by atoms with van der Waals surface area (Å²) in [6, 6.07) is 17.2. The summed E-state index contributed by atoms with van der Waals surface area (Å²) >= 11 is 0. The van der Waals surface area contributed by atoms with Crippen molar-refractivity contribution in [2.75, 3.05) is 26.9 Å². The van der Waals surface area contributed by atoms with Gasteiger partial charge in [-0.05, 0) is 41.2 Å². The van der Waals surface area contributed by atoms with E-state index in [4.69, 9.17) is 14.2 Å². The number of carbonyl (C=O) groups excluding carboxylic acids is 2. The van der Waals surface area contributed by atoms with Crippen molar-refractivity contribution in [1.82, 2.24) is 4.90 Å². The van der Waals surface area contributed by atoms with Gasteiger partial charge >= 0.3 is 6.09 Å². The van der Waals surface area contributed by atoms with E-state index in [9.17, 15) is 18.4 Å². The molecule has 3 aromatic carbocycles. The first-order chi connectivity index (χ1) is 18.5. The van der Waals surface area contributed by atoms with Crippen molar-refractivity contribution < 1.29 is 32.6 Å². The van der Waals surface area contributed by atoms with Crippen LogP contribution in [0.1, 0.15) is 40.2 Å². The van der Waals surface area contributed by atoms with Gasteiger partial charge in [-0.25, -0.2) is 13.6 Å². The number of nitrogens with zero attached hydrogens (tertiary/aromatic N) is 1. The lowest BCUT2D eigenvalue weighted by atomic mass is 9.80. The molecule has 1 amide bonds. The summed E-state index contributed by atoms with van der Waals surface area (Å²) < 4.78 is 44.8. The van der Waals surface area contributed by atoms with Crippen LogP contribution >= 0.6 is 0 Å². The number of morpholine rings is 1. The van der Waals surface area contributed by atoms with Gasteiger partial charge in [-0.1, -0.05) is 48.5 Å². The van der Waals surface area contributed by atoms with Gasteiger partial charge in [-0.3, -0.25) is 9.69 Å². The zero-order valence-corrected chi connectivity index (χ0v) is 20.9. The second-order valence-corrected chi connectivity index (χ2v) is 10.1. The number of ether oxygens (including phenoxy) is 3. The molecular weight excluding hydrogens is 492 g/mol. The van der Waals surface area contributed by atoms with E-state index in [-0.39, 0.29) is 49.1 Å². The highest BCUT2D eigenvalue weighted by Gasteiger charge is 2.45. The van der Waals surface area contributed by atoms with Crippen LogP contribution in [0.5, 0.6) is 5.75 Å². The van der Waals surface area contributed by atoms with Crippen LogP contribution in [0.3, 0.4) is 0 Å². The summed E-state index contributed by atoms with van der Waals surface area (Å²) in [5.41, 5.74) is 4.44. The Balaban J connectivity index is 1.18. The molecule has 6 rings (SSSR count). The molecule has 2 saturated heterocycles. The van der Waals surface area contributed by atoms with E-state index in [1.165, 1.54) is 7.11 Å². The summed E-state index contributed by atoms with van der Waals surface area (Å²) in [6.45, 7) is 0.726. The molecule has 3 aromatic rings. The SMILES string of the molecule is COc1c(F)cc(F)cc1C(=O)C1CC2COCC(C1)N2C(=O)OCC1c2ccccc2-c2ccccc21. The largest absolute Gasteiger partial charge is 0.493 e. The van der Waals surface area contributed by atoms with E-state index in [0.29, 0.717) is 18.9 Å². The number of benzene rings is 3. The Bertz CT molecular complexity index is 1350. The predicted octanol–water partition coefficient (Wildman–Crippen LogP) is 5.58. The predicted molar refractivity (Wildman–Crippen MR) is 135 cm³/mol. The van der Waals surface area contributed by atoms with E-state index in [2.05, 4.69) is 24.3 Å². The molecule has 0 N–H and O–H groups in total. The molecule has 0 radical (unpaired) electrons. The third-order valence-corrected chi connectivity index (χ3v) is 7.92. The Hall–Kier alpha value is -3.78. The van der Waals surface area contributed by atoms with Gasteiger partial charge < -0.3 is 14.2 Å². The smallest absolute Gasteiger partial charge is 0.410 e. The maximum absolute atomic E-state index is 14.2. The quantitative estimate of drug-likeness (QED) is 0.412. The Labute approximate surface area is 219 Å². The van der Waals surface area contributed by atoms with Crippen LogP contribution in [-0.4, -0.2) is 55.8 Å².